The fraction of sp³-hybridized carbons (Fsp3) is 0.900. The zero-order chi connectivity index (χ0) is 10.1. The van der Waals surface area contributed by atoms with Crippen molar-refractivity contribution in [3.63, 3.8) is 0 Å². The van der Waals surface area contributed by atoms with E-state index in [1.807, 2.05) is 0 Å². The first kappa shape index (κ1) is 10.5. The summed E-state index contributed by atoms with van der Waals surface area (Å²) in [5, 5.41) is 2.99. The molecule has 1 aliphatic rings. The van der Waals surface area contributed by atoms with Crippen molar-refractivity contribution >= 4 is 5.91 Å². The molecule has 0 spiro atoms. The third-order valence-electron chi connectivity index (χ3n) is 2.62. The second-order valence-corrected chi connectivity index (χ2v) is 4.81. The van der Waals surface area contributed by atoms with Gasteiger partial charge in [-0.25, -0.2) is 0 Å². The van der Waals surface area contributed by atoms with Gasteiger partial charge in [-0.3, -0.25) is 4.79 Å². The van der Waals surface area contributed by atoms with Gasteiger partial charge in [-0.05, 0) is 39.0 Å². The van der Waals surface area contributed by atoms with Gasteiger partial charge < -0.3 is 11.1 Å². The zero-order valence-corrected chi connectivity index (χ0v) is 8.76. The lowest BCUT2D eigenvalue weighted by Gasteiger charge is -2.21. The molecule has 2 atom stereocenters. The van der Waals surface area contributed by atoms with Gasteiger partial charge in [-0.1, -0.05) is 6.92 Å². The molecule has 2 unspecified atom stereocenters. The third-order valence-corrected chi connectivity index (χ3v) is 2.62. The van der Waals surface area contributed by atoms with E-state index in [1.54, 1.807) is 13.8 Å². The van der Waals surface area contributed by atoms with Crippen molar-refractivity contribution in [2.24, 2.45) is 11.7 Å². The minimum atomic E-state index is -0.744. The SMILES string of the molecule is CC1CCC(NC(=O)C(C)(C)N)C1. The van der Waals surface area contributed by atoms with Crippen LogP contribution in [0.4, 0.5) is 0 Å². The summed E-state index contributed by atoms with van der Waals surface area (Å²) in [6.07, 6.45) is 3.42. The van der Waals surface area contributed by atoms with Crippen LogP contribution in [0.1, 0.15) is 40.0 Å². The van der Waals surface area contributed by atoms with Gasteiger partial charge >= 0.3 is 0 Å². The Hall–Kier alpha value is -0.570. The van der Waals surface area contributed by atoms with Crippen LogP contribution in [0.15, 0.2) is 0 Å². The van der Waals surface area contributed by atoms with Crippen molar-refractivity contribution < 1.29 is 4.79 Å². The maximum Gasteiger partial charge on any atom is 0.239 e. The number of rotatable bonds is 2. The number of nitrogens with one attached hydrogen (secondary N) is 1. The molecule has 0 aromatic heterocycles. The van der Waals surface area contributed by atoms with Crippen molar-refractivity contribution in [1.82, 2.24) is 5.32 Å². The minimum Gasteiger partial charge on any atom is -0.352 e. The summed E-state index contributed by atoms with van der Waals surface area (Å²) in [7, 11) is 0. The molecule has 1 rings (SSSR count). The largest absolute Gasteiger partial charge is 0.352 e. The average Bonchev–Trinajstić information content (AvgIpc) is 2.33. The van der Waals surface area contributed by atoms with Crippen LogP contribution in [0.3, 0.4) is 0 Å². The van der Waals surface area contributed by atoms with Crippen LogP contribution in [0.25, 0.3) is 0 Å². The van der Waals surface area contributed by atoms with Gasteiger partial charge in [0.1, 0.15) is 0 Å². The first-order valence-corrected chi connectivity index (χ1v) is 4.99. The van der Waals surface area contributed by atoms with Crippen molar-refractivity contribution in [3.8, 4) is 0 Å². The second kappa shape index (κ2) is 3.66. The highest BCUT2D eigenvalue weighted by Gasteiger charge is 2.28. The van der Waals surface area contributed by atoms with Gasteiger partial charge in [0, 0.05) is 6.04 Å². The lowest BCUT2D eigenvalue weighted by molar-refractivity contribution is -0.125. The maximum absolute atomic E-state index is 11.5. The molecular weight excluding hydrogens is 164 g/mol. The fourth-order valence-electron chi connectivity index (χ4n) is 1.71. The maximum atomic E-state index is 11.5. The summed E-state index contributed by atoms with van der Waals surface area (Å²) >= 11 is 0. The minimum absolute atomic E-state index is 0.0356. The third kappa shape index (κ3) is 2.99. The molecule has 1 aliphatic carbocycles. The standard InChI is InChI=1S/C10H20N2O/c1-7-4-5-8(6-7)12-9(13)10(2,3)11/h7-8H,4-6,11H2,1-3H3,(H,12,13). The lowest BCUT2D eigenvalue weighted by Crippen LogP contribution is -2.51. The molecule has 0 bridgehead atoms. The fourth-order valence-corrected chi connectivity index (χ4v) is 1.71. The van der Waals surface area contributed by atoms with E-state index in [9.17, 15) is 4.79 Å². The quantitative estimate of drug-likeness (QED) is 0.673. The number of carbonyl (C=O) groups is 1. The highest BCUT2D eigenvalue weighted by Crippen LogP contribution is 2.24. The Bertz CT molecular complexity index is 196. The molecule has 13 heavy (non-hydrogen) atoms. The number of hydrogen-bond acceptors (Lipinski definition) is 2. The highest BCUT2D eigenvalue weighted by atomic mass is 16.2. The number of hydrogen-bond donors (Lipinski definition) is 2. The van der Waals surface area contributed by atoms with Gasteiger partial charge in [-0.15, -0.1) is 0 Å². The zero-order valence-electron chi connectivity index (χ0n) is 8.76. The molecule has 1 saturated carbocycles. The van der Waals surface area contributed by atoms with Crippen molar-refractivity contribution in [2.75, 3.05) is 0 Å². The van der Waals surface area contributed by atoms with E-state index < -0.39 is 5.54 Å². The molecule has 1 amide bonds. The van der Waals surface area contributed by atoms with Crippen LogP contribution in [0.2, 0.25) is 0 Å². The first-order valence-electron chi connectivity index (χ1n) is 4.99. The Morgan fingerprint density at radius 3 is 2.46 bits per heavy atom. The van der Waals surface area contributed by atoms with Crippen LogP contribution in [-0.2, 0) is 4.79 Å². The van der Waals surface area contributed by atoms with E-state index in [1.165, 1.54) is 6.42 Å². The Kier molecular flexibility index (Phi) is 2.96. The van der Waals surface area contributed by atoms with Crippen LogP contribution in [-0.4, -0.2) is 17.5 Å². The molecule has 76 valence electrons. The summed E-state index contributed by atoms with van der Waals surface area (Å²) in [6, 6.07) is 0.352. The topological polar surface area (TPSA) is 55.1 Å². The Labute approximate surface area is 80.1 Å². The van der Waals surface area contributed by atoms with E-state index in [2.05, 4.69) is 12.2 Å². The number of carbonyl (C=O) groups excluding carboxylic acids is 1. The van der Waals surface area contributed by atoms with Crippen LogP contribution in [0, 0.1) is 5.92 Å². The predicted octanol–water partition coefficient (Wildman–Crippen LogP) is 1.03. The van der Waals surface area contributed by atoms with Crippen LogP contribution >= 0.6 is 0 Å². The number of nitrogens with two attached hydrogens (primary N) is 1. The molecule has 0 aromatic carbocycles. The smallest absolute Gasteiger partial charge is 0.239 e. The summed E-state index contributed by atoms with van der Waals surface area (Å²) in [5.74, 6) is 0.706. The van der Waals surface area contributed by atoms with Gasteiger partial charge in [0.15, 0.2) is 0 Å². The van der Waals surface area contributed by atoms with E-state index in [4.69, 9.17) is 5.73 Å². The lowest BCUT2D eigenvalue weighted by atomic mass is 10.1. The van der Waals surface area contributed by atoms with Crippen molar-refractivity contribution in [1.29, 1.82) is 0 Å². The Balaban J connectivity index is 2.37. The molecule has 0 radical (unpaired) electrons. The molecule has 0 saturated heterocycles. The number of amides is 1. The monoisotopic (exact) mass is 184 g/mol. The van der Waals surface area contributed by atoms with Crippen molar-refractivity contribution in [3.05, 3.63) is 0 Å². The molecular formula is C10H20N2O. The molecule has 0 heterocycles. The van der Waals surface area contributed by atoms with Gasteiger partial charge in [0.2, 0.25) is 5.91 Å². The van der Waals surface area contributed by atoms with Crippen molar-refractivity contribution in [2.45, 2.75) is 51.6 Å². The Morgan fingerprint density at radius 1 is 1.46 bits per heavy atom. The molecule has 0 aliphatic heterocycles. The second-order valence-electron chi connectivity index (χ2n) is 4.81. The summed E-state index contributed by atoms with van der Waals surface area (Å²) < 4.78 is 0. The van der Waals surface area contributed by atoms with E-state index in [-0.39, 0.29) is 5.91 Å². The molecule has 3 N–H and O–H groups in total. The summed E-state index contributed by atoms with van der Waals surface area (Å²) in [5.41, 5.74) is 4.94. The van der Waals surface area contributed by atoms with E-state index in [0.717, 1.165) is 18.8 Å². The molecule has 3 nitrogen and oxygen atoms in total. The highest BCUT2D eigenvalue weighted by molar-refractivity contribution is 5.85. The predicted molar refractivity (Wildman–Crippen MR) is 53.2 cm³/mol. The van der Waals surface area contributed by atoms with Gasteiger partial charge in [0.25, 0.3) is 0 Å². The average molecular weight is 184 g/mol. The molecule has 0 aromatic rings. The van der Waals surface area contributed by atoms with Gasteiger partial charge in [0.05, 0.1) is 5.54 Å². The summed E-state index contributed by atoms with van der Waals surface area (Å²) in [4.78, 5) is 11.5. The van der Waals surface area contributed by atoms with E-state index >= 15 is 0 Å². The van der Waals surface area contributed by atoms with Crippen LogP contribution in [0.5, 0.6) is 0 Å². The molecule has 3 heteroatoms. The molecule has 1 fully saturated rings. The van der Waals surface area contributed by atoms with E-state index in [0.29, 0.717) is 6.04 Å². The Morgan fingerprint density at radius 2 is 2.08 bits per heavy atom. The van der Waals surface area contributed by atoms with Gasteiger partial charge in [-0.2, -0.15) is 0 Å². The normalized spacial score (nSPS) is 28.9. The van der Waals surface area contributed by atoms with Crippen LogP contribution < -0.4 is 11.1 Å². The first-order chi connectivity index (χ1) is 5.89. The summed E-state index contributed by atoms with van der Waals surface area (Å²) in [6.45, 7) is 5.70.